The second-order valence-electron chi connectivity index (χ2n) is 3.80. The van der Waals surface area contributed by atoms with Crippen LogP contribution in [-0.4, -0.2) is 16.1 Å². The molecule has 0 amide bonds. The number of carbonyl (C=O) groups is 1. The van der Waals surface area contributed by atoms with Gasteiger partial charge in [-0.05, 0) is 24.6 Å². The zero-order valence-corrected chi connectivity index (χ0v) is 9.56. The summed E-state index contributed by atoms with van der Waals surface area (Å²) in [7, 11) is 0. The van der Waals surface area contributed by atoms with Crippen LogP contribution in [-0.2, 0) is 6.54 Å². The van der Waals surface area contributed by atoms with Crippen LogP contribution < -0.4 is 0 Å². The number of aryl methyl sites for hydroxylation is 1. The summed E-state index contributed by atoms with van der Waals surface area (Å²) < 4.78 is 15.6. The van der Waals surface area contributed by atoms with E-state index in [0.29, 0.717) is 17.4 Å². The first-order valence-electron chi connectivity index (χ1n) is 5.53. The van der Waals surface area contributed by atoms with Crippen LogP contribution in [0.3, 0.4) is 0 Å². The Labute approximate surface area is 98.9 Å². The van der Waals surface area contributed by atoms with Gasteiger partial charge in [0.1, 0.15) is 12.1 Å². The third-order valence-electron chi connectivity index (χ3n) is 2.56. The summed E-state index contributed by atoms with van der Waals surface area (Å²) in [6.07, 6.45) is 3.22. The van der Waals surface area contributed by atoms with Gasteiger partial charge in [-0.25, -0.2) is 4.39 Å². The van der Waals surface area contributed by atoms with Gasteiger partial charge in [0.05, 0.1) is 5.69 Å². The number of nitrogens with zero attached hydrogens (tertiary/aromatic N) is 2. The maximum Gasteiger partial charge on any atom is 0.150 e. The number of aldehydes is 1. The van der Waals surface area contributed by atoms with Crippen molar-refractivity contribution in [3.05, 3.63) is 41.8 Å². The topological polar surface area (TPSA) is 34.9 Å². The van der Waals surface area contributed by atoms with Crippen LogP contribution >= 0.6 is 0 Å². The highest BCUT2D eigenvalue weighted by Crippen LogP contribution is 2.23. The van der Waals surface area contributed by atoms with Crippen LogP contribution in [0.15, 0.2) is 30.5 Å². The van der Waals surface area contributed by atoms with E-state index in [4.69, 9.17) is 0 Å². The Balaban J connectivity index is 2.45. The van der Waals surface area contributed by atoms with Crippen LogP contribution in [0, 0.1) is 5.82 Å². The SMILES string of the molecule is CCCn1nccc1-c1ccc(C=O)cc1F. The highest BCUT2D eigenvalue weighted by molar-refractivity contribution is 5.76. The monoisotopic (exact) mass is 232 g/mol. The van der Waals surface area contributed by atoms with Crippen molar-refractivity contribution in [2.45, 2.75) is 19.9 Å². The van der Waals surface area contributed by atoms with Crippen molar-refractivity contribution in [2.75, 3.05) is 0 Å². The van der Waals surface area contributed by atoms with E-state index < -0.39 is 5.82 Å². The minimum absolute atomic E-state index is 0.341. The largest absolute Gasteiger partial charge is 0.298 e. The predicted octanol–water partition coefficient (Wildman–Crippen LogP) is 2.91. The van der Waals surface area contributed by atoms with Gasteiger partial charge < -0.3 is 0 Å². The Hall–Kier alpha value is -1.97. The molecule has 0 aliphatic carbocycles. The number of carbonyl (C=O) groups excluding carboxylic acids is 1. The van der Waals surface area contributed by atoms with Crippen molar-refractivity contribution in [3.8, 4) is 11.3 Å². The lowest BCUT2D eigenvalue weighted by Gasteiger charge is -2.07. The number of hydrogen-bond acceptors (Lipinski definition) is 2. The fourth-order valence-electron chi connectivity index (χ4n) is 1.76. The lowest BCUT2D eigenvalue weighted by molar-refractivity contribution is 0.112. The minimum atomic E-state index is -0.396. The Morgan fingerprint density at radius 3 is 2.88 bits per heavy atom. The lowest BCUT2D eigenvalue weighted by atomic mass is 10.1. The molecular formula is C13H13FN2O. The first-order chi connectivity index (χ1) is 8.26. The van der Waals surface area contributed by atoms with Crippen LogP contribution in [0.1, 0.15) is 23.7 Å². The molecule has 17 heavy (non-hydrogen) atoms. The molecule has 0 aliphatic heterocycles. The zero-order chi connectivity index (χ0) is 12.3. The second kappa shape index (κ2) is 4.91. The first kappa shape index (κ1) is 11.5. The molecule has 0 N–H and O–H groups in total. The summed E-state index contributed by atoms with van der Waals surface area (Å²) in [6.45, 7) is 2.79. The highest BCUT2D eigenvalue weighted by atomic mass is 19.1. The molecule has 0 saturated heterocycles. The fraction of sp³-hybridized carbons (Fsp3) is 0.231. The van der Waals surface area contributed by atoms with Crippen LogP contribution in [0.25, 0.3) is 11.3 Å². The Morgan fingerprint density at radius 1 is 1.41 bits per heavy atom. The highest BCUT2D eigenvalue weighted by Gasteiger charge is 2.10. The molecule has 88 valence electrons. The molecule has 0 aliphatic rings. The molecule has 1 aromatic carbocycles. The van der Waals surface area contributed by atoms with E-state index in [2.05, 4.69) is 5.10 Å². The molecule has 0 fully saturated rings. The average Bonchev–Trinajstić information content (AvgIpc) is 2.77. The molecule has 2 aromatic rings. The van der Waals surface area contributed by atoms with Crippen molar-refractivity contribution in [3.63, 3.8) is 0 Å². The number of rotatable bonds is 4. The summed E-state index contributed by atoms with van der Waals surface area (Å²) in [5.41, 5.74) is 1.55. The quantitative estimate of drug-likeness (QED) is 0.760. The van der Waals surface area contributed by atoms with Crippen molar-refractivity contribution in [1.82, 2.24) is 9.78 Å². The summed E-state index contributed by atoms with van der Waals surface area (Å²) in [5, 5.41) is 4.15. The van der Waals surface area contributed by atoms with E-state index >= 15 is 0 Å². The van der Waals surface area contributed by atoms with Gasteiger partial charge in [-0.3, -0.25) is 9.48 Å². The van der Waals surface area contributed by atoms with Crippen LogP contribution in [0.5, 0.6) is 0 Å². The van der Waals surface area contributed by atoms with Crippen molar-refractivity contribution >= 4 is 6.29 Å². The van der Waals surface area contributed by atoms with Crippen molar-refractivity contribution in [1.29, 1.82) is 0 Å². The van der Waals surface area contributed by atoms with Gasteiger partial charge in [0.15, 0.2) is 0 Å². The second-order valence-corrected chi connectivity index (χ2v) is 3.80. The Morgan fingerprint density at radius 2 is 2.24 bits per heavy atom. The van der Waals surface area contributed by atoms with Gasteiger partial charge in [-0.15, -0.1) is 0 Å². The Bertz CT molecular complexity index is 534. The van der Waals surface area contributed by atoms with Gasteiger partial charge in [0.2, 0.25) is 0 Å². The molecule has 0 bridgehead atoms. The fourth-order valence-corrected chi connectivity index (χ4v) is 1.76. The number of benzene rings is 1. The first-order valence-corrected chi connectivity index (χ1v) is 5.53. The third kappa shape index (κ3) is 2.25. The smallest absolute Gasteiger partial charge is 0.150 e. The number of aromatic nitrogens is 2. The standard InChI is InChI=1S/C13H13FN2O/c1-2-7-16-13(5-6-15-16)11-4-3-10(9-17)8-12(11)14/h3-6,8-9H,2,7H2,1H3. The summed E-state index contributed by atoms with van der Waals surface area (Å²) in [5.74, 6) is -0.396. The van der Waals surface area contributed by atoms with Crippen LogP contribution in [0.4, 0.5) is 4.39 Å². The molecule has 3 nitrogen and oxygen atoms in total. The number of hydrogen-bond donors (Lipinski definition) is 0. The molecule has 1 heterocycles. The molecule has 1 aromatic heterocycles. The molecule has 0 spiro atoms. The van der Waals surface area contributed by atoms with Gasteiger partial charge >= 0.3 is 0 Å². The maximum atomic E-state index is 13.8. The summed E-state index contributed by atoms with van der Waals surface area (Å²) >= 11 is 0. The molecule has 0 radical (unpaired) electrons. The van der Waals surface area contributed by atoms with E-state index in [1.54, 1.807) is 29.1 Å². The molecule has 4 heteroatoms. The van der Waals surface area contributed by atoms with Gasteiger partial charge in [-0.2, -0.15) is 5.10 Å². The van der Waals surface area contributed by atoms with E-state index in [1.807, 2.05) is 6.92 Å². The lowest BCUT2D eigenvalue weighted by Crippen LogP contribution is -2.02. The summed E-state index contributed by atoms with van der Waals surface area (Å²) in [4.78, 5) is 10.5. The molecule has 0 saturated carbocycles. The van der Waals surface area contributed by atoms with Gasteiger partial charge in [0.25, 0.3) is 0 Å². The predicted molar refractivity (Wildman–Crippen MR) is 63.3 cm³/mol. The Kier molecular flexibility index (Phi) is 3.32. The summed E-state index contributed by atoms with van der Waals surface area (Å²) in [6, 6.07) is 6.23. The van der Waals surface area contributed by atoms with Gasteiger partial charge in [-0.1, -0.05) is 13.0 Å². The third-order valence-corrected chi connectivity index (χ3v) is 2.56. The molecule has 2 rings (SSSR count). The molecule has 0 unspecified atom stereocenters. The number of halogens is 1. The van der Waals surface area contributed by atoms with E-state index in [1.165, 1.54) is 6.07 Å². The van der Waals surface area contributed by atoms with Crippen LogP contribution in [0.2, 0.25) is 0 Å². The van der Waals surface area contributed by atoms with Gasteiger partial charge in [0, 0.05) is 23.9 Å². The minimum Gasteiger partial charge on any atom is -0.298 e. The van der Waals surface area contributed by atoms with E-state index in [-0.39, 0.29) is 0 Å². The zero-order valence-electron chi connectivity index (χ0n) is 9.56. The molecule has 0 atom stereocenters. The molecular weight excluding hydrogens is 219 g/mol. The maximum absolute atomic E-state index is 13.8. The van der Waals surface area contributed by atoms with Crippen molar-refractivity contribution in [2.24, 2.45) is 0 Å². The van der Waals surface area contributed by atoms with Crippen molar-refractivity contribution < 1.29 is 9.18 Å². The average molecular weight is 232 g/mol. The normalized spacial score (nSPS) is 10.5. The van der Waals surface area contributed by atoms with E-state index in [9.17, 15) is 9.18 Å². The van der Waals surface area contributed by atoms with E-state index in [0.717, 1.165) is 18.7 Å².